The van der Waals surface area contributed by atoms with E-state index in [2.05, 4.69) is 93.3 Å². The summed E-state index contributed by atoms with van der Waals surface area (Å²) in [6, 6.07) is 0. The van der Waals surface area contributed by atoms with Gasteiger partial charge in [-0.05, 0) is 48.6 Å². The van der Waals surface area contributed by atoms with Gasteiger partial charge in [0.25, 0.3) is 0 Å². The fourth-order valence-corrected chi connectivity index (χ4v) is 9.57. The van der Waals surface area contributed by atoms with Crippen molar-refractivity contribution in [3.05, 3.63) is 30.2 Å². The van der Waals surface area contributed by atoms with Gasteiger partial charge in [0.2, 0.25) is 0 Å². The minimum Gasteiger partial charge on any atom is -0.418 e. The molecule has 0 nitrogen and oxygen atoms in total. The van der Waals surface area contributed by atoms with Crippen LogP contribution < -0.4 is 0 Å². The second-order valence-corrected chi connectivity index (χ2v) is 14.9. The van der Waals surface area contributed by atoms with E-state index in [1.54, 1.807) is 0 Å². The third-order valence-electron chi connectivity index (χ3n) is 3.27. The van der Waals surface area contributed by atoms with Gasteiger partial charge in [-0.15, -0.1) is 8.58 Å². The Morgan fingerprint density at radius 1 is 0.767 bits per heavy atom. The van der Waals surface area contributed by atoms with Crippen LogP contribution in [0.2, 0.25) is 0 Å². The molecule has 1 unspecified atom stereocenters. The molecule has 1 atom stereocenters. The van der Waals surface area contributed by atoms with Crippen LogP contribution in [0.25, 0.3) is 0 Å². The van der Waals surface area contributed by atoms with E-state index in [0.29, 0.717) is 10.3 Å². The van der Waals surface area contributed by atoms with Gasteiger partial charge in [-0.3, -0.25) is 0 Å². The molecular weight excluding hydrogens is 516 g/mol. The molecule has 1 rings (SSSR count). The van der Waals surface area contributed by atoms with Crippen molar-refractivity contribution in [1.29, 1.82) is 0 Å². The molecule has 0 amide bonds. The van der Waals surface area contributed by atoms with Crippen LogP contribution in [0.15, 0.2) is 24.3 Å². The predicted octanol–water partition coefficient (Wildman–Crippen LogP) is 9.92. The molecule has 0 aromatic heterocycles. The molecule has 0 aromatic carbocycles. The molecule has 1 aliphatic rings. The van der Waals surface area contributed by atoms with Gasteiger partial charge in [0, 0.05) is 19.5 Å². The Balaban J connectivity index is -0.000000163. The molecule has 1 radical (unpaired) electrons. The quantitative estimate of drug-likeness (QED) is 0.104. The second kappa shape index (κ2) is 20.4. The number of halogens is 4. The molecule has 0 saturated carbocycles. The van der Waals surface area contributed by atoms with Crippen LogP contribution in [0.1, 0.15) is 88.0 Å². The Bertz CT molecular complexity index is 378. The first-order valence-corrected chi connectivity index (χ1v) is 13.5. The topological polar surface area (TPSA) is 0 Å². The molecule has 0 heterocycles. The van der Waals surface area contributed by atoms with E-state index in [0.717, 1.165) is 8.58 Å². The van der Waals surface area contributed by atoms with Crippen molar-refractivity contribution < 1.29 is 36.7 Å². The number of allylic oxidation sites excluding steroid dienone is 4. The predicted molar refractivity (Wildman–Crippen MR) is 133 cm³/mol. The van der Waals surface area contributed by atoms with E-state index in [1.807, 2.05) is 0 Å². The van der Waals surface area contributed by atoms with E-state index in [1.165, 1.54) is 37.5 Å². The molecule has 0 N–H and O–H groups in total. The first-order chi connectivity index (χ1) is 12.9. The van der Waals surface area contributed by atoms with Crippen molar-refractivity contribution >= 4 is 23.8 Å². The molecular formula is C22H45BF4P2Rh-2. The summed E-state index contributed by atoms with van der Waals surface area (Å²) in [7, 11) is -4.72. The van der Waals surface area contributed by atoms with Gasteiger partial charge >= 0.3 is 7.25 Å². The van der Waals surface area contributed by atoms with Gasteiger partial charge in [0.1, 0.15) is 0 Å². The summed E-state index contributed by atoms with van der Waals surface area (Å²) in [6.07, 6.45) is 14.0. The van der Waals surface area contributed by atoms with Crippen molar-refractivity contribution in [2.75, 3.05) is 12.6 Å². The molecule has 0 aliphatic heterocycles. The number of hydrogen-bond acceptors (Lipinski definition) is 0. The average Bonchev–Trinajstić information content (AvgIpc) is 2.39. The average molecular weight is 561 g/mol. The SMILES string of the molecule is C1=CCC/C=C\CC1.CPCP(C(C)(C)C)C(C)(C)C.C[C-](C)C.F[B-](F)(F)F.[Rh]. The normalized spacial score (nSPS) is 15.6. The van der Waals surface area contributed by atoms with Gasteiger partial charge in [0.05, 0.1) is 0 Å². The van der Waals surface area contributed by atoms with Crippen LogP contribution >= 0.6 is 16.5 Å². The van der Waals surface area contributed by atoms with Crippen molar-refractivity contribution in [3.8, 4) is 0 Å². The Kier molecular flexibility index (Phi) is 25.8. The van der Waals surface area contributed by atoms with Gasteiger partial charge in [-0.1, -0.05) is 73.8 Å². The standard InChI is InChI=1S/C10H24P2.C8H12.C4H9.BF4.Rh/c1-9(2,3)12(8-11-7)10(4,5)6;1-2-4-6-8-7-5-3-1;1-4(2)3;2-1(3,4)5;/h11H,8H2,1-7H3;1-2,7-8H,3-6H2;1-3H3;;/q;;2*-1;/b;2-1-,8-7?;;;. The van der Waals surface area contributed by atoms with Crippen LogP contribution in [0.5, 0.6) is 0 Å². The fraction of sp³-hybridized carbons (Fsp3) is 0.773. The van der Waals surface area contributed by atoms with Gasteiger partial charge in [-0.2, -0.15) is 20.8 Å². The van der Waals surface area contributed by atoms with Gasteiger partial charge in [0.15, 0.2) is 0 Å². The smallest absolute Gasteiger partial charge is 0.418 e. The minimum absolute atomic E-state index is 0. The second-order valence-electron chi connectivity index (χ2n) is 9.37. The zero-order valence-electron chi connectivity index (χ0n) is 20.7. The van der Waals surface area contributed by atoms with Crippen LogP contribution in [-0.2, 0) is 19.5 Å². The van der Waals surface area contributed by atoms with Crippen molar-refractivity contribution in [2.24, 2.45) is 0 Å². The fourth-order valence-electron chi connectivity index (χ4n) is 2.49. The van der Waals surface area contributed by atoms with Crippen molar-refractivity contribution in [2.45, 2.75) is 98.3 Å². The summed E-state index contributed by atoms with van der Waals surface area (Å²) in [4.78, 5) is 0. The molecule has 8 heteroatoms. The van der Waals surface area contributed by atoms with Crippen LogP contribution in [-0.4, -0.2) is 30.1 Å². The number of hydrogen-bond donors (Lipinski definition) is 0. The Hall–Kier alpha value is 0.748. The van der Waals surface area contributed by atoms with E-state index >= 15 is 0 Å². The molecule has 0 bridgehead atoms. The Morgan fingerprint density at radius 3 is 1.07 bits per heavy atom. The first kappa shape index (κ1) is 38.0. The molecule has 0 aromatic rings. The Labute approximate surface area is 201 Å². The van der Waals surface area contributed by atoms with Crippen LogP contribution in [0.4, 0.5) is 17.3 Å². The number of rotatable bonds is 2. The Morgan fingerprint density at radius 2 is 0.967 bits per heavy atom. The maximum Gasteiger partial charge on any atom is 0.673 e. The summed E-state index contributed by atoms with van der Waals surface area (Å²) in [5.41, 5.74) is 0. The largest absolute Gasteiger partial charge is 0.673 e. The maximum atomic E-state index is 9.75. The third kappa shape index (κ3) is 39.2. The third-order valence-corrected chi connectivity index (χ3v) is 9.04. The first-order valence-electron chi connectivity index (χ1n) is 10.3. The van der Waals surface area contributed by atoms with Gasteiger partial charge in [-0.25, -0.2) is 0 Å². The molecule has 0 saturated heterocycles. The minimum atomic E-state index is -6.00. The maximum absolute atomic E-state index is 9.75. The summed E-state index contributed by atoms with van der Waals surface area (Å²) >= 11 is 0. The summed E-state index contributed by atoms with van der Waals surface area (Å²) in [6.45, 7) is 22.9. The van der Waals surface area contributed by atoms with Crippen molar-refractivity contribution in [1.82, 2.24) is 0 Å². The molecule has 0 spiro atoms. The van der Waals surface area contributed by atoms with Crippen LogP contribution in [0.3, 0.4) is 0 Å². The summed E-state index contributed by atoms with van der Waals surface area (Å²) in [5, 5.41) is 1.05. The molecule has 185 valence electrons. The van der Waals surface area contributed by atoms with E-state index < -0.39 is 7.25 Å². The van der Waals surface area contributed by atoms with E-state index in [9.17, 15) is 17.3 Å². The zero-order valence-corrected chi connectivity index (χ0v) is 24.2. The zero-order chi connectivity index (χ0) is 23.7. The van der Waals surface area contributed by atoms with Gasteiger partial charge < -0.3 is 23.2 Å². The summed E-state index contributed by atoms with van der Waals surface area (Å²) in [5.74, 6) is 2.86. The summed E-state index contributed by atoms with van der Waals surface area (Å²) < 4.78 is 39.0. The molecule has 0 fully saturated rings. The van der Waals surface area contributed by atoms with Crippen LogP contribution in [0, 0.1) is 5.92 Å². The monoisotopic (exact) mass is 561 g/mol. The molecule has 1 aliphatic carbocycles. The van der Waals surface area contributed by atoms with E-state index in [-0.39, 0.29) is 27.4 Å². The molecule has 30 heavy (non-hydrogen) atoms. The van der Waals surface area contributed by atoms with E-state index in [4.69, 9.17) is 0 Å². The van der Waals surface area contributed by atoms with Crippen molar-refractivity contribution in [3.63, 3.8) is 0 Å².